The number of aromatic nitrogens is 5. The van der Waals surface area contributed by atoms with E-state index in [-0.39, 0.29) is 18.0 Å². The van der Waals surface area contributed by atoms with E-state index in [9.17, 15) is 14.4 Å². The minimum absolute atomic E-state index is 0.0489. The Morgan fingerprint density at radius 2 is 1.77 bits per heavy atom. The number of rotatable bonds is 6. The van der Waals surface area contributed by atoms with Crippen LogP contribution < -0.4 is 15.5 Å². The minimum Gasteiger partial charge on any atom is -0.437 e. The second kappa shape index (κ2) is 10.8. The molecule has 0 unspecified atom stereocenters. The van der Waals surface area contributed by atoms with E-state index in [1.165, 1.54) is 4.80 Å². The molecule has 39 heavy (non-hydrogen) atoms. The molecule has 0 radical (unpaired) electrons. The number of nitrogens with one attached hydrogen (secondary N) is 1. The molecule has 3 aromatic carbocycles. The second-order valence-electron chi connectivity index (χ2n) is 8.36. The fourth-order valence-corrected chi connectivity index (χ4v) is 4.21. The Bertz CT molecular complexity index is 1750. The molecule has 0 bridgehead atoms. The topological polar surface area (TPSA) is 130 Å². The number of tetrazole rings is 1. The summed E-state index contributed by atoms with van der Waals surface area (Å²) in [6.45, 7) is -0.233. The molecule has 2 heterocycles. The van der Waals surface area contributed by atoms with Gasteiger partial charge in [-0.2, -0.15) is 4.80 Å². The Kier molecular flexibility index (Phi) is 7.06. The van der Waals surface area contributed by atoms with Crippen molar-refractivity contribution in [2.75, 3.05) is 7.11 Å². The lowest BCUT2D eigenvalue weighted by molar-refractivity contribution is 0.0950. The number of fused-ring (bicyclic) bond motifs is 1. The van der Waals surface area contributed by atoms with Gasteiger partial charge in [0.25, 0.3) is 5.91 Å². The first kappa shape index (κ1) is 25.6. The fourth-order valence-electron chi connectivity index (χ4n) is 4.04. The largest absolute Gasteiger partial charge is 0.514 e. The summed E-state index contributed by atoms with van der Waals surface area (Å²) in [5.74, 6) is -0.122. The van der Waals surface area contributed by atoms with Crippen molar-refractivity contribution in [2.24, 2.45) is 7.05 Å². The highest BCUT2D eigenvalue weighted by molar-refractivity contribution is 6.31. The van der Waals surface area contributed by atoms with Gasteiger partial charge >= 0.3 is 6.16 Å². The van der Waals surface area contributed by atoms with Crippen LogP contribution in [-0.4, -0.2) is 43.9 Å². The SMILES string of the molecule is COC(=O)Oc1c(CNC(=O)c2ccc(-c3nnn(C)n3)cc2)c(=O)c2ccc(Cl)cc2n1-c1ccccc1. The number of para-hydroxylation sites is 1. The maximum atomic E-state index is 13.6. The first-order valence-electron chi connectivity index (χ1n) is 11.7. The van der Waals surface area contributed by atoms with E-state index in [2.05, 4.69) is 20.7 Å². The summed E-state index contributed by atoms with van der Waals surface area (Å²) >= 11 is 6.26. The van der Waals surface area contributed by atoms with Gasteiger partial charge in [0, 0.05) is 27.2 Å². The highest BCUT2D eigenvalue weighted by Crippen LogP contribution is 2.29. The lowest BCUT2D eigenvalue weighted by Crippen LogP contribution is -2.29. The van der Waals surface area contributed by atoms with Crippen LogP contribution in [0.15, 0.2) is 77.6 Å². The Morgan fingerprint density at radius 1 is 1.03 bits per heavy atom. The third-order valence-electron chi connectivity index (χ3n) is 5.88. The zero-order valence-electron chi connectivity index (χ0n) is 20.8. The third-order valence-corrected chi connectivity index (χ3v) is 6.12. The van der Waals surface area contributed by atoms with E-state index in [1.54, 1.807) is 78.3 Å². The monoisotopic (exact) mass is 544 g/mol. The van der Waals surface area contributed by atoms with Crippen molar-refractivity contribution in [3.8, 4) is 23.0 Å². The zero-order chi connectivity index (χ0) is 27.5. The molecule has 1 amide bonds. The van der Waals surface area contributed by atoms with Crippen molar-refractivity contribution in [1.29, 1.82) is 0 Å². The van der Waals surface area contributed by atoms with Gasteiger partial charge in [-0.1, -0.05) is 41.9 Å². The number of pyridine rings is 1. The molecular formula is C27H21ClN6O5. The van der Waals surface area contributed by atoms with Crippen molar-refractivity contribution in [3.63, 3.8) is 0 Å². The molecule has 0 atom stereocenters. The summed E-state index contributed by atoms with van der Waals surface area (Å²) in [5, 5.41) is 15.4. The summed E-state index contributed by atoms with van der Waals surface area (Å²) in [5.41, 5.74) is 1.66. The molecular weight excluding hydrogens is 524 g/mol. The number of methoxy groups -OCH3 is 1. The quantitative estimate of drug-likeness (QED) is 0.318. The standard InChI is InChI=1S/C27H21ClN6O5/c1-33-31-24(30-32-33)16-8-10-17(11-9-16)25(36)29-15-21-23(35)20-13-12-18(28)14-22(20)34(19-6-4-3-5-7-19)26(21)39-27(37)38-2/h3-14H,15H2,1-2H3,(H,29,36). The summed E-state index contributed by atoms with van der Waals surface area (Å²) in [4.78, 5) is 40.2. The molecule has 0 aliphatic rings. The predicted octanol–water partition coefficient (Wildman–Crippen LogP) is 3.91. The average molecular weight is 545 g/mol. The van der Waals surface area contributed by atoms with Gasteiger partial charge < -0.3 is 14.8 Å². The number of nitrogens with zero attached hydrogens (tertiary/aromatic N) is 5. The van der Waals surface area contributed by atoms with E-state index in [0.29, 0.717) is 38.6 Å². The van der Waals surface area contributed by atoms with Gasteiger partial charge in [-0.05, 0) is 47.7 Å². The lowest BCUT2D eigenvalue weighted by Gasteiger charge is -2.20. The summed E-state index contributed by atoms with van der Waals surface area (Å²) in [7, 11) is 2.82. The first-order valence-corrected chi connectivity index (χ1v) is 12.0. The molecule has 0 saturated heterocycles. The molecule has 5 aromatic rings. The fraction of sp³-hybridized carbons (Fsp3) is 0.111. The molecule has 0 aliphatic heterocycles. The van der Waals surface area contributed by atoms with Crippen molar-refractivity contribution in [2.45, 2.75) is 6.54 Å². The summed E-state index contributed by atoms with van der Waals surface area (Å²) < 4.78 is 11.8. The van der Waals surface area contributed by atoms with Crippen LogP contribution in [0.4, 0.5) is 4.79 Å². The molecule has 2 aromatic heterocycles. The van der Waals surface area contributed by atoms with Gasteiger partial charge in [-0.15, -0.1) is 10.2 Å². The summed E-state index contributed by atoms with van der Waals surface area (Å²) in [6.07, 6.45) is -1.03. The number of carbonyl (C=O) groups excluding carboxylic acids is 2. The molecule has 11 nitrogen and oxygen atoms in total. The van der Waals surface area contributed by atoms with Crippen molar-refractivity contribution < 1.29 is 19.1 Å². The van der Waals surface area contributed by atoms with Crippen LogP contribution in [0.25, 0.3) is 28.0 Å². The Morgan fingerprint density at radius 3 is 2.44 bits per heavy atom. The number of aryl methyl sites for hydroxylation is 1. The van der Waals surface area contributed by atoms with E-state index in [4.69, 9.17) is 21.1 Å². The van der Waals surface area contributed by atoms with Crippen LogP contribution in [-0.2, 0) is 18.3 Å². The van der Waals surface area contributed by atoms with Crippen molar-refractivity contribution in [3.05, 3.63) is 99.2 Å². The number of carbonyl (C=O) groups is 2. The number of amides is 1. The minimum atomic E-state index is -1.03. The van der Waals surface area contributed by atoms with E-state index >= 15 is 0 Å². The van der Waals surface area contributed by atoms with Crippen LogP contribution in [0.1, 0.15) is 15.9 Å². The highest BCUT2D eigenvalue weighted by atomic mass is 35.5. The molecule has 196 valence electrons. The molecule has 12 heteroatoms. The smallest absolute Gasteiger partial charge is 0.437 e. The van der Waals surface area contributed by atoms with Crippen LogP contribution in [0.3, 0.4) is 0 Å². The molecule has 5 rings (SSSR count). The Balaban J connectivity index is 1.55. The molecule has 1 N–H and O–H groups in total. The van der Waals surface area contributed by atoms with Crippen molar-refractivity contribution >= 4 is 34.6 Å². The van der Waals surface area contributed by atoms with Gasteiger partial charge in [0.1, 0.15) is 0 Å². The number of hydrogen-bond acceptors (Lipinski definition) is 8. The first-order chi connectivity index (χ1) is 18.9. The molecule has 0 fully saturated rings. The van der Waals surface area contributed by atoms with Gasteiger partial charge in [-0.3, -0.25) is 14.2 Å². The van der Waals surface area contributed by atoms with Crippen LogP contribution >= 0.6 is 11.6 Å². The highest BCUT2D eigenvalue weighted by Gasteiger charge is 2.23. The predicted molar refractivity (Wildman–Crippen MR) is 143 cm³/mol. The van der Waals surface area contributed by atoms with E-state index in [1.807, 2.05) is 6.07 Å². The van der Waals surface area contributed by atoms with Crippen molar-refractivity contribution in [1.82, 2.24) is 30.1 Å². The van der Waals surface area contributed by atoms with Gasteiger partial charge in [0.2, 0.25) is 11.7 Å². The maximum absolute atomic E-state index is 13.6. The van der Waals surface area contributed by atoms with Gasteiger partial charge in [0.05, 0.1) is 31.8 Å². The zero-order valence-corrected chi connectivity index (χ0v) is 21.5. The Labute approximate surface area is 226 Å². The average Bonchev–Trinajstić information content (AvgIpc) is 3.39. The molecule has 0 spiro atoms. The molecule has 0 aliphatic carbocycles. The second-order valence-corrected chi connectivity index (χ2v) is 8.80. The number of hydrogen-bond donors (Lipinski definition) is 1. The lowest BCUT2D eigenvalue weighted by atomic mass is 10.1. The van der Waals surface area contributed by atoms with E-state index < -0.39 is 17.5 Å². The van der Waals surface area contributed by atoms with Crippen LogP contribution in [0, 0.1) is 0 Å². The van der Waals surface area contributed by atoms with Crippen LogP contribution in [0.2, 0.25) is 5.02 Å². The van der Waals surface area contributed by atoms with Crippen LogP contribution in [0.5, 0.6) is 5.88 Å². The number of halogens is 1. The third kappa shape index (κ3) is 5.20. The van der Waals surface area contributed by atoms with Gasteiger partial charge in [0.15, 0.2) is 5.43 Å². The number of benzene rings is 3. The maximum Gasteiger partial charge on any atom is 0.514 e. The Hall–Kier alpha value is -5.03. The van der Waals surface area contributed by atoms with Gasteiger partial charge in [-0.25, -0.2) is 4.79 Å². The molecule has 0 saturated carbocycles. The van der Waals surface area contributed by atoms with E-state index in [0.717, 1.165) is 7.11 Å². The normalized spacial score (nSPS) is 10.8. The number of ether oxygens (including phenoxy) is 2. The summed E-state index contributed by atoms with van der Waals surface area (Å²) in [6, 6.07) is 20.4.